The number of benzene rings is 1. The molecule has 1 fully saturated rings. The molecule has 1 unspecified atom stereocenters. The number of hydrogen-bond donors (Lipinski definition) is 1. The standard InChI is InChI=1S/C18H23F3N2O3/c1-13(24)23(12-17(25)26)15-6-4-9-22(10-8-15)11-14-5-2-3-7-16(14)18(19,20)21/h2-3,5,7,15H,4,6,8-12H2,1H3,(H,25,26). The molecule has 144 valence electrons. The second kappa shape index (κ2) is 8.53. The highest BCUT2D eigenvalue weighted by molar-refractivity contribution is 5.79. The number of carboxylic acids is 1. The summed E-state index contributed by atoms with van der Waals surface area (Å²) in [7, 11) is 0. The van der Waals surface area contributed by atoms with Crippen molar-refractivity contribution in [1.29, 1.82) is 0 Å². The van der Waals surface area contributed by atoms with Crippen LogP contribution in [0.5, 0.6) is 0 Å². The molecular formula is C18H23F3N2O3. The number of nitrogens with zero attached hydrogens (tertiary/aromatic N) is 2. The van der Waals surface area contributed by atoms with Gasteiger partial charge in [0, 0.05) is 26.1 Å². The first-order chi connectivity index (χ1) is 12.2. The van der Waals surface area contributed by atoms with Gasteiger partial charge in [0.1, 0.15) is 6.54 Å². The normalized spacial score (nSPS) is 19.0. The van der Waals surface area contributed by atoms with Gasteiger partial charge in [0.15, 0.2) is 0 Å². The number of rotatable bonds is 5. The molecule has 1 aliphatic heterocycles. The summed E-state index contributed by atoms with van der Waals surface area (Å²) in [4.78, 5) is 26.0. The topological polar surface area (TPSA) is 60.9 Å². The zero-order chi connectivity index (χ0) is 19.3. The minimum absolute atomic E-state index is 0.182. The summed E-state index contributed by atoms with van der Waals surface area (Å²) in [6, 6.07) is 5.33. The highest BCUT2D eigenvalue weighted by Crippen LogP contribution is 2.32. The van der Waals surface area contributed by atoms with Crippen LogP contribution in [0.1, 0.15) is 37.3 Å². The van der Waals surface area contributed by atoms with Gasteiger partial charge in [-0.2, -0.15) is 13.2 Å². The number of carbonyl (C=O) groups excluding carboxylic acids is 1. The lowest BCUT2D eigenvalue weighted by molar-refractivity contribution is -0.145. The van der Waals surface area contributed by atoms with E-state index in [-0.39, 0.29) is 30.6 Å². The van der Waals surface area contributed by atoms with Crippen LogP contribution in [0.25, 0.3) is 0 Å². The van der Waals surface area contributed by atoms with E-state index < -0.39 is 17.7 Å². The van der Waals surface area contributed by atoms with Crippen LogP contribution in [0.3, 0.4) is 0 Å². The molecule has 0 spiro atoms. The Morgan fingerprint density at radius 2 is 1.92 bits per heavy atom. The Kier molecular flexibility index (Phi) is 6.63. The maximum absolute atomic E-state index is 13.1. The zero-order valence-electron chi connectivity index (χ0n) is 14.6. The van der Waals surface area contributed by atoms with Gasteiger partial charge in [0.2, 0.25) is 5.91 Å². The Bertz CT molecular complexity index is 649. The summed E-state index contributed by atoms with van der Waals surface area (Å²) in [6.07, 6.45) is -2.51. The molecule has 1 atom stereocenters. The van der Waals surface area contributed by atoms with Gasteiger partial charge in [0.05, 0.1) is 5.56 Å². The molecule has 8 heteroatoms. The number of carboxylic acid groups (broad SMARTS) is 1. The minimum Gasteiger partial charge on any atom is -0.480 e. The first-order valence-corrected chi connectivity index (χ1v) is 8.55. The molecule has 0 radical (unpaired) electrons. The molecule has 1 aromatic carbocycles. The van der Waals surface area contributed by atoms with Crippen molar-refractivity contribution in [2.75, 3.05) is 19.6 Å². The Hall–Kier alpha value is -2.09. The van der Waals surface area contributed by atoms with E-state index in [1.165, 1.54) is 24.0 Å². The molecule has 0 bridgehead atoms. The maximum Gasteiger partial charge on any atom is 0.416 e. The van der Waals surface area contributed by atoms with Crippen molar-refractivity contribution < 1.29 is 27.9 Å². The molecule has 0 aromatic heterocycles. The van der Waals surface area contributed by atoms with Gasteiger partial charge in [-0.1, -0.05) is 18.2 Å². The summed E-state index contributed by atoms with van der Waals surface area (Å²) in [5.74, 6) is -1.37. The average Bonchev–Trinajstić information content (AvgIpc) is 2.77. The molecule has 1 heterocycles. The monoisotopic (exact) mass is 372 g/mol. The SMILES string of the molecule is CC(=O)N(CC(=O)O)C1CCCN(Cc2ccccc2C(F)(F)F)CC1. The van der Waals surface area contributed by atoms with E-state index in [0.717, 1.165) is 6.07 Å². The number of amides is 1. The third-order valence-corrected chi connectivity index (χ3v) is 4.66. The molecule has 1 aliphatic rings. The Morgan fingerprint density at radius 3 is 2.54 bits per heavy atom. The summed E-state index contributed by atoms with van der Waals surface area (Å²) in [6.45, 7) is 2.30. The zero-order valence-corrected chi connectivity index (χ0v) is 14.6. The van der Waals surface area contributed by atoms with Gasteiger partial charge in [-0.25, -0.2) is 0 Å². The van der Waals surface area contributed by atoms with E-state index in [0.29, 0.717) is 32.4 Å². The van der Waals surface area contributed by atoms with E-state index in [2.05, 4.69) is 0 Å². The Balaban J connectivity index is 2.05. The van der Waals surface area contributed by atoms with Crippen LogP contribution in [0.15, 0.2) is 24.3 Å². The van der Waals surface area contributed by atoms with Gasteiger partial charge in [-0.05, 0) is 37.4 Å². The Morgan fingerprint density at radius 1 is 1.23 bits per heavy atom. The molecule has 1 aromatic rings. The molecule has 5 nitrogen and oxygen atoms in total. The number of carbonyl (C=O) groups is 2. The lowest BCUT2D eigenvalue weighted by Crippen LogP contribution is -2.42. The maximum atomic E-state index is 13.1. The summed E-state index contributed by atoms with van der Waals surface area (Å²) in [5.41, 5.74) is -0.399. The fourth-order valence-electron chi connectivity index (χ4n) is 3.43. The van der Waals surface area contributed by atoms with Gasteiger partial charge >= 0.3 is 12.1 Å². The van der Waals surface area contributed by atoms with Gasteiger partial charge < -0.3 is 10.0 Å². The minimum atomic E-state index is -4.39. The quantitative estimate of drug-likeness (QED) is 0.863. The van der Waals surface area contributed by atoms with E-state index in [9.17, 15) is 22.8 Å². The fourth-order valence-corrected chi connectivity index (χ4v) is 3.43. The second-order valence-corrected chi connectivity index (χ2v) is 6.56. The molecule has 2 rings (SSSR count). The molecule has 0 saturated carbocycles. The van der Waals surface area contributed by atoms with Crippen molar-refractivity contribution in [3.8, 4) is 0 Å². The van der Waals surface area contributed by atoms with Crippen molar-refractivity contribution >= 4 is 11.9 Å². The molecule has 1 N–H and O–H groups in total. The van der Waals surface area contributed by atoms with Crippen molar-refractivity contribution in [3.63, 3.8) is 0 Å². The second-order valence-electron chi connectivity index (χ2n) is 6.56. The molecule has 1 saturated heterocycles. The lowest BCUT2D eigenvalue weighted by atomic mass is 10.1. The van der Waals surface area contributed by atoms with Crippen molar-refractivity contribution in [2.24, 2.45) is 0 Å². The number of aliphatic carboxylic acids is 1. The summed E-state index contributed by atoms with van der Waals surface area (Å²) < 4.78 is 39.4. The van der Waals surface area contributed by atoms with Crippen LogP contribution in [-0.4, -0.2) is 52.5 Å². The number of likely N-dealkylation sites (tertiary alicyclic amines) is 1. The van der Waals surface area contributed by atoms with E-state index in [4.69, 9.17) is 5.11 Å². The van der Waals surface area contributed by atoms with E-state index in [1.807, 2.05) is 4.90 Å². The number of halogens is 3. The van der Waals surface area contributed by atoms with Gasteiger partial charge in [0.25, 0.3) is 0 Å². The first kappa shape index (κ1) is 20.2. The predicted molar refractivity (Wildman–Crippen MR) is 89.4 cm³/mol. The molecule has 1 amide bonds. The average molecular weight is 372 g/mol. The molecular weight excluding hydrogens is 349 g/mol. The summed E-state index contributed by atoms with van der Waals surface area (Å²) >= 11 is 0. The third kappa shape index (κ3) is 5.45. The molecule has 0 aliphatic carbocycles. The van der Waals surface area contributed by atoms with Crippen LogP contribution in [0.4, 0.5) is 13.2 Å². The van der Waals surface area contributed by atoms with Crippen LogP contribution in [0.2, 0.25) is 0 Å². The van der Waals surface area contributed by atoms with Gasteiger partial charge in [-0.3, -0.25) is 14.5 Å². The van der Waals surface area contributed by atoms with Crippen LogP contribution in [-0.2, 0) is 22.3 Å². The lowest BCUT2D eigenvalue weighted by Gasteiger charge is -2.29. The van der Waals surface area contributed by atoms with E-state index >= 15 is 0 Å². The van der Waals surface area contributed by atoms with E-state index in [1.54, 1.807) is 6.07 Å². The highest BCUT2D eigenvalue weighted by Gasteiger charge is 2.33. The summed E-state index contributed by atoms with van der Waals surface area (Å²) in [5, 5.41) is 8.98. The highest BCUT2D eigenvalue weighted by atomic mass is 19.4. The van der Waals surface area contributed by atoms with Crippen molar-refractivity contribution in [2.45, 2.75) is 44.9 Å². The smallest absolute Gasteiger partial charge is 0.416 e. The van der Waals surface area contributed by atoms with Crippen molar-refractivity contribution in [3.05, 3.63) is 35.4 Å². The largest absolute Gasteiger partial charge is 0.480 e. The fraction of sp³-hybridized carbons (Fsp3) is 0.556. The number of hydrogen-bond acceptors (Lipinski definition) is 3. The third-order valence-electron chi connectivity index (χ3n) is 4.66. The predicted octanol–water partition coefficient (Wildman–Crippen LogP) is 2.99. The molecule has 26 heavy (non-hydrogen) atoms. The number of alkyl halides is 3. The Labute approximate surface area is 150 Å². The van der Waals surface area contributed by atoms with Crippen LogP contribution in [0, 0.1) is 0 Å². The van der Waals surface area contributed by atoms with Crippen LogP contribution < -0.4 is 0 Å². The van der Waals surface area contributed by atoms with Gasteiger partial charge in [-0.15, -0.1) is 0 Å². The van der Waals surface area contributed by atoms with Crippen LogP contribution >= 0.6 is 0 Å². The van der Waals surface area contributed by atoms with Crippen molar-refractivity contribution in [1.82, 2.24) is 9.80 Å². The first-order valence-electron chi connectivity index (χ1n) is 8.55.